The maximum Gasteiger partial charge on any atom is 0.170 e. The van der Waals surface area contributed by atoms with Crippen molar-refractivity contribution in [2.24, 2.45) is 5.92 Å². The molecule has 0 amide bonds. The molecule has 0 aromatic heterocycles. The van der Waals surface area contributed by atoms with Crippen molar-refractivity contribution in [3.8, 4) is 0 Å². The molecule has 1 aliphatic carbocycles. The number of Topliss-reactive ketones (excluding diaryl/α,β-unsaturated/α-hetero) is 1. The first-order valence-corrected chi connectivity index (χ1v) is 15.0. The Hall–Kier alpha value is -1.89. The van der Waals surface area contributed by atoms with Gasteiger partial charge in [-0.15, -0.1) is 0 Å². The van der Waals surface area contributed by atoms with Gasteiger partial charge in [-0.2, -0.15) is 0 Å². The Morgan fingerprint density at radius 1 is 0.629 bits per heavy atom. The lowest BCUT2D eigenvalue weighted by Crippen LogP contribution is -2.22. The van der Waals surface area contributed by atoms with Crippen molar-refractivity contribution in [2.75, 3.05) is 0 Å². The highest BCUT2D eigenvalue weighted by Crippen LogP contribution is 2.36. The van der Waals surface area contributed by atoms with E-state index in [0.717, 1.165) is 24.0 Å². The SMILES string of the molecule is CCCCCCCCCCC1=Cc2cc3ccccc3cc2C(=O)C1CCCCCCCCCC. The van der Waals surface area contributed by atoms with Crippen LogP contribution in [0.25, 0.3) is 16.8 Å². The smallest absolute Gasteiger partial charge is 0.170 e. The molecule has 1 unspecified atom stereocenters. The quantitative estimate of drug-likeness (QED) is 0.196. The number of allylic oxidation sites excluding steroid dienone is 1. The number of carbonyl (C=O) groups excluding carboxylic acids is 1. The maximum absolute atomic E-state index is 13.7. The Balaban J connectivity index is 1.58. The lowest BCUT2D eigenvalue weighted by Gasteiger charge is -2.26. The Labute approximate surface area is 215 Å². The molecule has 2 aromatic carbocycles. The van der Waals surface area contributed by atoms with Gasteiger partial charge in [0.15, 0.2) is 5.78 Å². The fourth-order valence-corrected chi connectivity index (χ4v) is 5.76. The van der Waals surface area contributed by atoms with E-state index in [1.807, 2.05) is 0 Å². The third kappa shape index (κ3) is 8.93. The first kappa shape index (κ1) is 27.7. The molecule has 1 aliphatic rings. The summed E-state index contributed by atoms with van der Waals surface area (Å²) in [6, 6.07) is 12.9. The maximum atomic E-state index is 13.7. The molecule has 0 radical (unpaired) electrons. The summed E-state index contributed by atoms with van der Waals surface area (Å²) >= 11 is 0. The molecule has 0 saturated carbocycles. The van der Waals surface area contributed by atoms with E-state index in [-0.39, 0.29) is 5.92 Å². The predicted molar refractivity (Wildman–Crippen MR) is 154 cm³/mol. The summed E-state index contributed by atoms with van der Waals surface area (Å²) in [5.74, 6) is 0.485. The highest BCUT2D eigenvalue weighted by atomic mass is 16.1. The fraction of sp³-hybridized carbons (Fsp3) is 0.618. The van der Waals surface area contributed by atoms with Gasteiger partial charge in [-0.1, -0.05) is 146 Å². The molecule has 0 heterocycles. The summed E-state index contributed by atoms with van der Waals surface area (Å²) in [6.45, 7) is 4.56. The molecule has 3 rings (SSSR count). The Bertz CT molecular complexity index is 921. The number of unbranched alkanes of at least 4 members (excludes halogenated alkanes) is 14. The lowest BCUT2D eigenvalue weighted by molar-refractivity contribution is 0.0928. The van der Waals surface area contributed by atoms with Crippen molar-refractivity contribution in [1.82, 2.24) is 0 Å². The second-order valence-corrected chi connectivity index (χ2v) is 10.9. The van der Waals surface area contributed by atoms with Gasteiger partial charge in [-0.05, 0) is 47.7 Å². The van der Waals surface area contributed by atoms with Gasteiger partial charge in [0.1, 0.15) is 0 Å². The number of hydrogen-bond acceptors (Lipinski definition) is 1. The number of fused-ring (bicyclic) bond motifs is 2. The standard InChI is InChI=1S/C34H50O/c1-3-5-7-9-11-13-15-17-23-30-26-31-25-28-21-19-20-22-29(28)27-33(31)34(35)32(30)24-18-16-14-12-10-8-6-4-2/h19-22,25-27,32H,3-18,23-24H2,1-2H3. The number of hydrogen-bond donors (Lipinski definition) is 0. The van der Waals surface area contributed by atoms with Crippen LogP contribution in [0.1, 0.15) is 145 Å². The summed E-state index contributed by atoms with van der Waals surface area (Å²) in [5.41, 5.74) is 3.51. The summed E-state index contributed by atoms with van der Waals surface area (Å²) in [7, 11) is 0. The van der Waals surface area contributed by atoms with E-state index in [2.05, 4.69) is 56.3 Å². The van der Waals surface area contributed by atoms with Crippen molar-refractivity contribution < 1.29 is 4.79 Å². The van der Waals surface area contributed by atoms with Gasteiger partial charge in [0.2, 0.25) is 0 Å². The summed E-state index contributed by atoms with van der Waals surface area (Å²) in [6.07, 6.45) is 25.8. The van der Waals surface area contributed by atoms with Crippen LogP contribution in [0, 0.1) is 5.92 Å². The molecule has 192 valence electrons. The minimum atomic E-state index is 0.105. The molecular formula is C34H50O. The second-order valence-electron chi connectivity index (χ2n) is 10.9. The van der Waals surface area contributed by atoms with Crippen molar-refractivity contribution in [2.45, 2.75) is 129 Å². The number of rotatable bonds is 18. The third-order valence-corrected chi connectivity index (χ3v) is 7.95. The summed E-state index contributed by atoms with van der Waals surface area (Å²) in [5, 5.41) is 2.42. The second kappa shape index (κ2) is 16.0. The van der Waals surface area contributed by atoms with E-state index < -0.39 is 0 Å². The molecule has 0 fully saturated rings. The number of carbonyl (C=O) groups is 1. The Morgan fingerprint density at radius 3 is 1.74 bits per heavy atom. The van der Waals surface area contributed by atoms with Gasteiger partial charge >= 0.3 is 0 Å². The van der Waals surface area contributed by atoms with Crippen LogP contribution in [-0.4, -0.2) is 5.78 Å². The molecule has 2 aromatic rings. The van der Waals surface area contributed by atoms with Crippen LogP contribution < -0.4 is 0 Å². The van der Waals surface area contributed by atoms with E-state index in [1.165, 1.54) is 119 Å². The first-order valence-electron chi connectivity index (χ1n) is 15.0. The summed E-state index contributed by atoms with van der Waals surface area (Å²) < 4.78 is 0. The molecule has 1 nitrogen and oxygen atoms in total. The normalized spacial score (nSPS) is 15.4. The van der Waals surface area contributed by atoms with Crippen molar-refractivity contribution in [1.29, 1.82) is 0 Å². The predicted octanol–water partition coefficient (Wildman–Crippen LogP) is 11.1. The monoisotopic (exact) mass is 474 g/mol. The van der Waals surface area contributed by atoms with Gasteiger partial charge in [0.25, 0.3) is 0 Å². The fourth-order valence-electron chi connectivity index (χ4n) is 5.76. The molecule has 0 spiro atoms. The van der Waals surface area contributed by atoms with E-state index in [4.69, 9.17) is 0 Å². The molecule has 0 N–H and O–H groups in total. The average Bonchev–Trinajstić information content (AvgIpc) is 2.87. The minimum absolute atomic E-state index is 0.105. The van der Waals surface area contributed by atoms with Gasteiger partial charge in [-0.3, -0.25) is 4.79 Å². The van der Waals surface area contributed by atoms with Crippen LogP contribution in [0.15, 0.2) is 42.0 Å². The van der Waals surface area contributed by atoms with E-state index in [1.54, 1.807) is 0 Å². The third-order valence-electron chi connectivity index (χ3n) is 7.95. The zero-order valence-electron chi connectivity index (χ0n) is 22.8. The van der Waals surface area contributed by atoms with E-state index >= 15 is 0 Å². The van der Waals surface area contributed by atoms with Crippen LogP contribution in [-0.2, 0) is 0 Å². The molecule has 1 atom stereocenters. The molecule has 35 heavy (non-hydrogen) atoms. The van der Waals surface area contributed by atoms with Crippen LogP contribution in [0.3, 0.4) is 0 Å². The van der Waals surface area contributed by atoms with Crippen molar-refractivity contribution in [3.63, 3.8) is 0 Å². The van der Waals surface area contributed by atoms with E-state index in [9.17, 15) is 4.79 Å². The highest BCUT2D eigenvalue weighted by Gasteiger charge is 2.29. The van der Waals surface area contributed by atoms with Gasteiger partial charge in [0.05, 0.1) is 0 Å². The van der Waals surface area contributed by atoms with Crippen LogP contribution >= 0.6 is 0 Å². The molecular weight excluding hydrogens is 424 g/mol. The van der Waals surface area contributed by atoms with Crippen molar-refractivity contribution >= 4 is 22.6 Å². The lowest BCUT2D eigenvalue weighted by atomic mass is 9.77. The van der Waals surface area contributed by atoms with Crippen LogP contribution in [0.2, 0.25) is 0 Å². The molecule has 0 aliphatic heterocycles. The first-order chi connectivity index (χ1) is 17.2. The molecule has 0 bridgehead atoms. The van der Waals surface area contributed by atoms with Crippen LogP contribution in [0.4, 0.5) is 0 Å². The molecule has 1 heteroatoms. The Kier molecular flexibility index (Phi) is 12.6. The number of ketones is 1. The zero-order valence-corrected chi connectivity index (χ0v) is 22.8. The topological polar surface area (TPSA) is 17.1 Å². The Morgan fingerprint density at radius 2 is 1.14 bits per heavy atom. The van der Waals surface area contributed by atoms with Crippen LogP contribution in [0.5, 0.6) is 0 Å². The number of benzene rings is 2. The highest BCUT2D eigenvalue weighted by molar-refractivity contribution is 6.08. The minimum Gasteiger partial charge on any atom is -0.293 e. The van der Waals surface area contributed by atoms with Gasteiger partial charge in [0, 0.05) is 11.5 Å². The van der Waals surface area contributed by atoms with E-state index in [0.29, 0.717) is 5.78 Å². The average molecular weight is 475 g/mol. The van der Waals surface area contributed by atoms with Crippen molar-refractivity contribution in [3.05, 3.63) is 53.1 Å². The van der Waals surface area contributed by atoms with Gasteiger partial charge in [-0.25, -0.2) is 0 Å². The zero-order chi connectivity index (χ0) is 24.7. The molecule has 0 saturated heterocycles. The van der Waals surface area contributed by atoms with Gasteiger partial charge < -0.3 is 0 Å². The summed E-state index contributed by atoms with van der Waals surface area (Å²) in [4.78, 5) is 13.7. The largest absolute Gasteiger partial charge is 0.293 e.